The van der Waals surface area contributed by atoms with Crippen molar-refractivity contribution in [3.8, 4) is 0 Å². The van der Waals surface area contributed by atoms with Gasteiger partial charge in [-0.05, 0) is 31.5 Å². The van der Waals surface area contributed by atoms with E-state index in [9.17, 15) is 18.0 Å². The normalized spacial score (nSPS) is 17.9. The Kier molecular flexibility index (Phi) is 6.97. The molecule has 1 amide bonds. The van der Waals surface area contributed by atoms with Crippen LogP contribution in [0.25, 0.3) is 0 Å². The van der Waals surface area contributed by atoms with E-state index in [0.29, 0.717) is 44.1 Å². The van der Waals surface area contributed by atoms with E-state index in [4.69, 9.17) is 4.74 Å². The van der Waals surface area contributed by atoms with Crippen LogP contribution in [0.1, 0.15) is 33.9 Å². The number of esters is 1. The van der Waals surface area contributed by atoms with E-state index in [1.165, 1.54) is 17.5 Å². The molecule has 202 valence electrons. The Labute approximate surface area is 221 Å². The van der Waals surface area contributed by atoms with Gasteiger partial charge in [-0.15, -0.1) is 0 Å². The van der Waals surface area contributed by atoms with Crippen LogP contribution in [0.2, 0.25) is 0 Å². The molecule has 3 aromatic rings. The maximum Gasteiger partial charge on any atom is 0.310 e. The SMILES string of the molecule is COC(=O)C1CCN(c2ncccc2CNC(=O)c2cc(S(=O)(=O)N3CCn4nccc4C3)c(C)n2C)C1. The highest BCUT2D eigenvalue weighted by Gasteiger charge is 2.33. The van der Waals surface area contributed by atoms with Crippen molar-refractivity contribution < 1.29 is 22.7 Å². The minimum absolute atomic E-state index is 0.117. The molecular formula is C25H31N7O5S. The summed E-state index contributed by atoms with van der Waals surface area (Å²) in [5.74, 6) is -0.137. The van der Waals surface area contributed by atoms with Gasteiger partial charge in [-0.1, -0.05) is 6.07 Å². The highest BCUT2D eigenvalue weighted by atomic mass is 32.2. The molecule has 1 N–H and O–H groups in total. The lowest BCUT2D eigenvalue weighted by Crippen LogP contribution is -2.38. The number of methoxy groups -OCH3 is 1. The Morgan fingerprint density at radius 2 is 2.00 bits per heavy atom. The van der Waals surface area contributed by atoms with Crippen LogP contribution in [0.15, 0.2) is 41.6 Å². The van der Waals surface area contributed by atoms with E-state index in [2.05, 4.69) is 15.4 Å². The molecule has 12 nitrogen and oxygen atoms in total. The number of ether oxygens (including phenoxy) is 1. The molecule has 1 saturated heterocycles. The van der Waals surface area contributed by atoms with Gasteiger partial charge < -0.3 is 19.5 Å². The maximum atomic E-state index is 13.5. The number of carbonyl (C=O) groups is 2. The Morgan fingerprint density at radius 1 is 1.18 bits per heavy atom. The van der Waals surface area contributed by atoms with Crippen molar-refractivity contribution in [2.75, 3.05) is 31.6 Å². The van der Waals surface area contributed by atoms with Crippen molar-refractivity contribution in [2.45, 2.75) is 37.9 Å². The third-order valence-electron chi connectivity index (χ3n) is 7.37. The van der Waals surface area contributed by atoms with Crippen LogP contribution in [0.3, 0.4) is 0 Å². The summed E-state index contributed by atoms with van der Waals surface area (Å²) in [6, 6.07) is 6.92. The number of hydrogen-bond donors (Lipinski definition) is 1. The van der Waals surface area contributed by atoms with Gasteiger partial charge in [0.15, 0.2) is 0 Å². The molecule has 1 unspecified atom stereocenters. The van der Waals surface area contributed by atoms with Gasteiger partial charge in [-0.3, -0.25) is 14.3 Å². The van der Waals surface area contributed by atoms with Crippen molar-refractivity contribution in [1.82, 2.24) is 29.0 Å². The van der Waals surface area contributed by atoms with Crippen molar-refractivity contribution in [3.05, 3.63) is 59.3 Å². The Bertz CT molecular complexity index is 1480. The number of aromatic nitrogens is 4. The molecule has 0 radical (unpaired) electrons. The fraction of sp³-hybridized carbons (Fsp3) is 0.440. The number of nitrogens with zero attached hydrogens (tertiary/aromatic N) is 6. The molecule has 0 saturated carbocycles. The number of carbonyl (C=O) groups excluding carboxylic acids is 2. The Hall–Kier alpha value is -3.71. The Morgan fingerprint density at radius 3 is 2.79 bits per heavy atom. The fourth-order valence-corrected chi connectivity index (χ4v) is 6.76. The second-order valence-corrected chi connectivity index (χ2v) is 11.5. The van der Waals surface area contributed by atoms with Gasteiger partial charge in [0.05, 0.1) is 31.8 Å². The second-order valence-electron chi connectivity index (χ2n) is 9.55. The average Bonchev–Trinajstić information content (AvgIpc) is 3.66. The van der Waals surface area contributed by atoms with E-state index in [0.717, 1.165) is 11.3 Å². The molecule has 38 heavy (non-hydrogen) atoms. The van der Waals surface area contributed by atoms with E-state index in [1.54, 1.807) is 41.7 Å². The largest absolute Gasteiger partial charge is 0.469 e. The summed E-state index contributed by atoms with van der Waals surface area (Å²) < 4.78 is 36.7. The summed E-state index contributed by atoms with van der Waals surface area (Å²) in [6.07, 6.45) is 4.02. The summed E-state index contributed by atoms with van der Waals surface area (Å²) in [5.41, 5.74) is 2.37. The average molecular weight is 542 g/mol. The number of anilines is 1. The number of nitrogens with one attached hydrogen (secondary N) is 1. The fourth-order valence-electron chi connectivity index (χ4n) is 5.09. The molecule has 1 atom stereocenters. The predicted molar refractivity (Wildman–Crippen MR) is 138 cm³/mol. The van der Waals surface area contributed by atoms with Crippen LogP contribution in [0, 0.1) is 12.8 Å². The van der Waals surface area contributed by atoms with E-state index in [-0.39, 0.29) is 35.6 Å². The standard InChI is InChI=1S/C25H31N7O5S/c1-17-22(38(35,36)31-11-12-32-20(16-31)6-9-28-32)13-21(29(17)2)24(33)27-14-18-5-4-8-26-23(18)30-10-7-19(15-30)25(34)37-3/h4-6,8-9,13,19H,7,10-12,14-16H2,1-3H3,(H,27,33). The predicted octanol–water partition coefficient (Wildman–Crippen LogP) is 1.06. The minimum Gasteiger partial charge on any atom is -0.469 e. The lowest BCUT2D eigenvalue weighted by Gasteiger charge is -2.26. The summed E-state index contributed by atoms with van der Waals surface area (Å²) >= 11 is 0. The van der Waals surface area contributed by atoms with Gasteiger partial charge in [0.1, 0.15) is 16.4 Å². The molecule has 1 fully saturated rings. The summed E-state index contributed by atoms with van der Waals surface area (Å²) in [5, 5.41) is 7.12. The Balaban J connectivity index is 1.31. The van der Waals surface area contributed by atoms with Crippen molar-refractivity contribution in [1.29, 1.82) is 0 Å². The third kappa shape index (κ3) is 4.67. The van der Waals surface area contributed by atoms with Gasteiger partial charge in [0, 0.05) is 56.9 Å². The van der Waals surface area contributed by atoms with Crippen LogP contribution < -0.4 is 10.2 Å². The first-order valence-electron chi connectivity index (χ1n) is 12.4. The zero-order valence-corrected chi connectivity index (χ0v) is 22.4. The molecule has 0 aromatic carbocycles. The maximum absolute atomic E-state index is 13.5. The van der Waals surface area contributed by atoms with Gasteiger partial charge in [-0.25, -0.2) is 13.4 Å². The lowest BCUT2D eigenvalue weighted by molar-refractivity contribution is -0.144. The first kappa shape index (κ1) is 25.9. The van der Waals surface area contributed by atoms with Gasteiger partial charge in [0.25, 0.3) is 5.91 Å². The van der Waals surface area contributed by atoms with Crippen molar-refractivity contribution >= 4 is 27.7 Å². The molecule has 3 aromatic heterocycles. The zero-order valence-electron chi connectivity index (χ0n) is 21.6. The number of amides is 1. The number of fused-ring (bicyclic) bond motifs is 1. The lowest BCUT2D eigenvalue weighted by atomic mass is 10.1. The van der Waals surface area contributed by atoms with Crippen LogP contribution >= 0.6 is 0 Å². The summed E-state index contributed by atoms with van der Waals surface area (Å²) in [6.45, 7) is 4.07. The molecule has 13 heteroatoms. The molecule has 2 aliphatic rings. The second kappa shape index (κ2) is 10.2. The van der Waals surface area contributed by atoms with Gasteiger partial charge in [-0.2, -0.15) is 9.40 Å². The number of pyridine rings is 1. The topological polar surface area (TPSA) is 132 Å². The number of hydrogen-bond acceptors (Lipinski definition) is 8. The van der Waals surface area contributed by atoms with Crippen LogP contribution in [0.4, 0.5) is 5.82 Å². The van der Waals surface area contributed by atoms with Gasteiger partial charge in [0.2, 0.25) is 10.0 Å². The third-order valence-corrected chi connectivity index (χ3v) is 9.33. The molecular weight excluding hydrogens is 510 g/mol. The first-order chi connectivity index (χ1) is 18.2. The van der Waals surface area contributed by atoms with Crippen molar-refractivity contribution in [2.24, 2.45) is 13.0 Å². The van der Waals surface area contributed by atoms with Crippen LogP contribution in [-0.4, -0.2) is 70.7 Å². The van der Waals surface area contributed by atoms with E-state index < -0.39 is 15.9 Å². The van der Waals surface area contributed by atoms with Crippen LogP contribution in [0.5, 0.6) is 0 Å². The minimum atomic E-state index is -3.81. The summed E-state index contributed by atoms with van der Waals surface area (Å²) in [7, 11) is -0.744. The molecule has 5 heterocycles. The molecule has 5 rings (SSSR count). The number of sulfonamides is 1. The number of rotatable bonds is 7. The molecule has 0 aliphatic carbocycles. The summed E-state index contributed by atoms with van der Waals surface area (Å²) in [4.78, 5) is 31.8. The quantitative estimate of drug-likeness (QED) is 0.439. The highest BCUT2D eigenvalue weighted by molar-refractivity contribution is 7.89. The highest BCUT2D eigenvalue weighted by Crippen LogP contribution is 2.28. The molecule has 2 aliphatic heterocycles. The van der Waals surface area contributed by atoms with E-state index >= 15 is 0 Å². The first-order valence-corrected chi connectivity index (χ1v) is 13.9. The van der Waals surface area contributed by atoms with E-state index in [1.807, 2.05) is 17.0 Å². The van der Waals surface area contributed by atoms with Crippen LogP contribution in [-0.2, 0) is 46.2 Å². The zero-order chi connectivity index (χ0) is 27.0. The smallest absolute Gasteiger partial charge is 0.310 e. The monoisotopic (exact) mass is 541 g/mol. The van der Waals surface area contributed by atoms with Crippen molar-refractivity contribution in [3.63, 3.8) is 0 Å². The molecule has 0 spiro atoms. The molecule has 0 bridgehead atoms. The van der Waals surface area contributed by atoms with Gasteiger partial charge >= 0.3 is 5.97 Å².